The van der Waals surface area contributed by atoms with Crippen molar-refractivity contribution < 1.29 is 14.6 Å². The van der Waals surface area contributed by atoms with Crippen LogP contribution in [0.2, 0.25) is 0 Å². The maximum absolute atomic E-state index is 12.6. The molecule has 1 amide bonds. The molecule has 3 rings (SSSR count). The van der Waals surface area contributed by atoms with Gasteiger partial charge in [0.2, 0.25) is 5.91 Å². The summed E-state index contributed by atoms with van der Waals surface area (Å²) in [6.07, 6.45) is 5.18. The van der Waals surface area contributed by atoms with E-state index < -0.39 is 0 Å². The van der Waals surface area contributed by atoms with Crippen LogP contribution < -0.4 is 10.1 Å². The van der Waals surface area contributed by atoms with E-state index in [1.165, 1.54) is 24.0 Å². The van der Waals surface area contributed by atoms with Crippen LogP contribution in [0, 0.1) is 5.92 Å². The maximum atomic E-state index is 12.6. The number of nitrogens with one attached hydrogen (secondary N) is 1. The van der Waals surface area contributed by atoms with Crippen LogP contribution in [0.1, 0.15) is 49.8 Å². The van der Waals surface area contributed by atoms with Crippen molar-refractivity contribution in [1.29, 1.82) is 0 Å². The zero-order valence-electron chi connectivity index (χ0n) is 15.3. The van der Waals surface area contributed by atoms with Gasteiger partial charge in [0.05, 0.1) is 25.8 Å². The zero-order chi connectivity index (χ0) is 17.8. The maximum Gasteiger partial charge on any atom is 0.237 e. The molecule has 0 radical (unpaired) electrons. The highest BCUT2D eigenvalue weighted by Crippen LogP contribution is 2.31. The van der Waals surface area contributed by atoms with Crippen molar-refractivity contribution >= 4 is 5.91 Å². The molecule has 5 heteroatoms. The van der Waals surface area contributed by atoms with Gasteiger partial charge in [-0.15, -0.1) is 0 Å². The number of hydrogen-bond donors (Lipinski definition) is 2. The van der Waals surface area contributed by atoms with E-state index in [-0.39, 0.29) is 18.1 Å². The molecule has 1 saturated carbocycles. The molecule has 0 bridgehead atoms. The second-order valence-corrected chi connectivity index (χ2v) is 7.32. The van der Waals surface area contributed by atoms with Gasteiger partial charge in [0.25, 0.3) is 0 Å². The summed E-state index contributed by atoms with van der Waals surface area (Å²) >= 11 is 0. The molecule has 0 spiro atoms. The molecule has 1 aromatic rings. The summed E-state index contributed by atoms with van der Waals surface area (Å²) < 4.78 is 5.29. The number of benzene rings is 1. The number of aliphatic hydroxyl groups is 1. The first-order valence-electron chi connectivity index (χ1n) is 9.45. The van der Waals surface area contributed by atoms with Gasteiger partial charge in [-0.3, -0.25) is 4.79 Å². The molecule has 2 aliphatic rings. The van der Waals surface area contributed by atoms with Gasteiger partial charge >= 0.3 is 0 Å². The van der Waals surface area contributed by atoms with E-state index in [4.69, 9.17) is 4.74 Å². The molecule has 1 aliphatic heterocycles. The highest BCUT2D eigenvalue weighted by atomic mass is 16.5. The first-order chi connectivity index (χ1) is 12.1. The monoisotopic (exact) mass is 346 g/mol. The Bertz CT molecular complexity index is 599. The van der Waals surface area contributed by atoms with Gasteiger partial charge in [-0.05, 0) is 55.4 Å². The molecule has 5 nitrogen and oxygen atoms in total. The second-order valence-electron chi connectivity index (χ2n) is 7.32. The lowest BCUT2D eigenvalue weighted by molar-refractivity contribution is -0.132. The Kier molecular flexibility index (Phi) is 5.97. The topological polar surface area (TPSA) is 61.8 Å². The molecule has 2 N–H and O–H groups in total. The number of ether oxygens (including phenoxy) is 1. The number of carbonyl (C=O) groups excluding carboxylic acids is 1. The standard InChI is InChI=1S/C20H30N2O3/c1-14-18-8-7-17(25-2)11-16(18)9-10-22(14)20(24)13-21-12-19(23)15-5-3-4-6-15/h7-8,11,14-15,19,21,23H,3-6,9-10,12-13H2,1-2H3. The minimum atomic E-state index is -0.331. The molecular weight excluding hydrogens is 316 g/mol. The fraction of sp³-hybridized carbons (Fsp3) is 0.650. The van der Waals surface area contributed by atoms with Gasteiger partial charge in [0.1, 0.15) is 5.75 Å². The highest BCUT2D eigenvalue weighted by molar-refractivity contribution is 5.79. The minimum absolute atomic E-state index is 0.0729. The van der Waals surface area contributed by atoms with Crippen LogP contribution in [0.25, 0.3) is 0 Å². The first kappa shape index (κ1) is 18.2. The number of hydrogen-bond acceptors (Lipinski definition) is 4. The van der Waals surface area contributed by atoms with E-state index in [2.05, 4.69) is 24.4 Å². The predicted octanol–water partition coefficient (Wildman–Crippen LogP) is 2.28. The Morgan fingerprint density at radius 3 is 2.88 bits per heavy atom. The molecule has 25 heavy (non-hydrogen) atoms. The summed E-state index contributed by atoms with van der Waals surface area (Å²) in [5.74, 6) is 1.37. The van der Waals surface area contributed by atoms with Crippen LogP contribution in [-0.2, 0) is 11.2 Å². The Morgan fingerprint density at radius 1 is 1.40 bits per heavy atom. The van der Waals surface area contributed by atoms with Crippen molar-refractivity contribution in [3.8, 4) is 5.75 Å². The number of fused-ring (bicyclic) bond motifs is 1. The third-order valence-electron chi connectivity index (χ3n) is 5.78. The molecule has 0 saturated heterocycles. The molecule has 2 atom stereocenters. The van der Waals surface area contributed by atoms with Crippen LogP contribution in [-0.4, -0.2) is 48.8 Å². The molecule has 1 heterocycles. The second kappa shape index (κ2) is 8.19. The van der Waals surface area contributed by atoms with Gasteiger partial charge < -0.3 is 20.1 Å². The van der Waals surface area contributed by atoms with E-state index >= 15 is 0 Å². The van der Waals surface area contributed by atoms with Crippen LogP contribution in [0.4, 0.5) is 0 Å². The minimum Gasteiger partial charge on any atom is -0.497 e. The van der Waals surface area contributed by atoms with Gasteiger partial charge in [-0.25, -0.2) is 0 Å². The molecule has 1 aliphatic carbocycles. The van der Waals surface area contributed by atoms with Gasteiger partial charge in [-0.1, -0.05) is 18.9 Å². The third-order valence-corrected chi connectivity index (χ3v) is 5.78. The normalized spacial score (nSPS) is 21.9. The summed E-state index contributed by atoms with van der Waals surface area (Å²) in [7, 11) is 1.68. The highest BCUT2D eigenvalue weighted by Gasteiger charge is 2.28. The van der Waals surface area contributed by atoms with Crippen molar-refractivity contribution in [1.82, 2.24) is 10.2 Å². The average Bonchev–Trinajstić information content (AvgIpc) is 3.16. The number of amides is 1. The molecule has 138 valence electrons. The molecule has 1 fully saturated rings. The largest absolute Gasteiger partial charge is 0.497 e. The lowest BCUT2D eigenvalue weighted by atomic mass is 9.93. The summed E-state index contributed by atoms with van der Waals surface area (Å²) in [5, 5.41) is 13.4. The van der Waals surface area contributed by atoms with Crippen LogP contribution in [0.5, 0.6) is 5.75 Å². The average molecular weight is 346 g/mol. The van der Waals surface area contributed by atoms with Crippen molar-refractivity contribution in [3.63, 3.8) is 0 Å². The number of nitrogens with zero attached hydrogens (tertiary/aromatic N) is 1. The number of aliphatic hydroxyl groups excluding tert-OH is 1. The van der Waals surface area contributed by atoms with E-state index in [0.29, 0.717) is 19.0 Å². The van der Waals surface area contributed by atoms with E-state index in [0.717, 1.165) is 31.6 Å². The number of methoxy groups -OCH3 is 1. The first-order valence-corrected chi connectivity index (χ1v) is 9.45. The summed E-state index contributed by atoms with van der Waals surface area (Å²) in [5.41, 5.74) is 2.46. The van der Waals surface area contributed by atoms with E-state index in [9.17, 15) is 9.90 Å². The zero-order valence-corrected chi connectivity index (χ0v) is 15.3. The molecular formula is C20H30N2O3. The van der Waals surface area contributed by atoms with Crippen LogP contribution in [0.15, 0.2) is 18.2 Å². The lowest BCUT2D eigenvalue weighted by Crippen LogP contribution is -2.44. The summed E-state index contributed by atoms with van der Waals surface area (Å²) in [4.78, 5) is 14.5. The molecule has 0 aromatic heterocycles. The van der Waals surface area contributed by atoms with E-state index in [1.54, 1.807) is 7.11 Å². The Morgan fingerprint density at radius 2 is 2.16 bits per heavy atom. The predicted molar refractivity (Wildman–Crippen MR) is 97.7 cm³/mol. The molecule has 2 unspecified atom stereocenters. The molecule has 1 aromatic carbocycles. The fourth-order valence-corrected chi connectivity index (χ4v) is 4.21. The Hall–Kier alpha value is -1.59. The van der Waals surface area contributed by atoms with Crippen molar-refractivity contribution in [3.05, 3.63) is 29.3 Å². The quantitative estimate of drug-likeness (QED) is 0.830. The van der Waals surface area contributed by atoms with Gasteiger partial charge in [-0.2, -0.15) is 0 Å². The number of carbonyl (C=O) groups is 1. The number of rotatable bonds is 6. The smallest absolute Gasteiger partial charge is 0.237 e. The van der Waals surface area contributed by atoms with E-state index in [1.807, 2.05) is 11.0 Å². The summed E-state index contributed by atoms with van der Waals surface area (Å²) in [6, 6.07) is 6.17. The van der Waals surface area contributed by atoms with Crippen molar-refractivity contribution in [2.24, 2.45) is 5.92 Å². The fourth-order valence-electron chi connectivity index (χ4n) is 4.21. The Balaban J connectivity index is 1.52. The van der Waals surface area contributed by atoms with Crippen LogP contribution in [0.3, 0.4) is 0 Å². The third kappa shape index (κ3) is 4.15. The van der Waals surface area contributed by atoms with Crippen molar-refractivity contribution in [2.75, 3.05) is 26.7 Å². The van der Waals surface area contributed by atoms with Gasteiger partial charge in [0, 0.05) is 13.1 Å². The van der Waals surface area contributed by atoms with Crippen molar-refractivity contribution in [2.45, 2.75) is 51.2 Å². The van der Waals surface area contributed by atoms with Gasteiger partial charge in [0.15, 0.2) is 0 Å². The lowest BCUT2D eigenvalue weighted by Gasteiger charge is -2.35. The Labute approximate surface area is 150 Å². The SMILES string of the molecule is COc1ccc2c(c1)CCN(C(=O)CNCC(O)C1CCCC1)C2C. The summed E-state index contributed by atoms with van der Waals surface area (Å²) in [6.45, 7) is 3.61. The van der Waals surface area contributed by atoms with Crippen LogP contribution >= 0.6 is 0 Å².